The summed E-state index contributed by atoms with van der Waals surface area (Å²) in [5.41, 5.74) is 0. The average molecular weight is 298 g/mol. The van der Waals surface area contributed by atoms with Crippen molar-refractivity contribution in [1.82, 2.24) is 5.32 Å². The van der Waals surface area contributed by atoms with E-state index < -0.39 is 12.0 Å². The number of benzene rings is 1. The third-order valence-corrected chi connectivity index (χ3v) is 2.66. The van der Waals surface area contributed by atoms with Crippen molar-refractivity contribution in [1.29, 1.82) is 0 Å². The molecule has 1 amide bonds. The summed E-state index contributed by atoms with van der Waals surface area (Å²) >= 11 is 5.79. The molecule has 0 saturated heterocycles. The first-order valence-electron chi connectivity index (χ1n) is 6.04. The molecule has 1 rings (SSSR count). The zero-order valence-corrected chi connectivity index (χ0v) is 11.6. The summed E-state index contributed by atoms with van der Waals surface area (Å²) in [7, 11) is 0. The number of hydrogen-bond acceptors (Lipinski definition) is 3. The van der Waals surface area contributed by atoms with Gasteiger partial charge in [-0.25, -0.2) is 4.79 Å². The Morgan fingerprint density at radius 3 is 2.85 bits per heavy atom. The summed E-state index contributed by atoms with van der Waals surface area (Å²) < 4.78 is 5.35. The van der Waals surface area contributed by atoms with E-state index in [-0.39, 0.29) is 25.4 Å². The Balaban J connectivity index is 2.36. The van der Waals surface area contributed by atoms with E-state index in [1.165, 1.54) is 6.08 Å². The topological polar surface area (TPSA) is 75.6 Å². The Morgan fingerprint density at radius 2 is 2.25 bits per heavy atom. The molecule has 2 N–H and O–H groups in total. The predicted octanol–water partition coefficient (Wildman–Crippen LogP) is 2.25. The second-order valence-corrected chi connectivity index (χ2v) is 4.47. The van der Waals surface area contributed by atoms with E-state index in [4.69, 9.17) is 21.4 Å². The maximum Gasteiger partial charge on any atom is 0.326 e. The van der Waals surface area contributed by atoms with Crippen LogP contribution >= 0.6 is 11.6 Å². The Labute approximate surface area is 122 Å². The number of carboxylic acids is 1. The number of aliphatic carboxylic acids is 1. The van der Waals surface area contributed by atoms with Crippen LogP contribution in [0.15, 0.2) is 36.9 Å². The molecule has 20 heavy (non-hydrogen) atoms. The molecule has 0 bridgehead atoms. The fraction of sp³-hybridized carbons (Fsp3) is 0.286. The molecule has 6 heteroatoms. The third kappa shape index (κ3) is 5.75. The molecule has 1 atom stereocenters. The highest BCUT2D eigenvalue weighted by Crippen LogP contribution is 2.17. The van der Waals surface area contributed by atoms with E-state index in [9.17, 15) is 9.59 Å². The van der Waals surface area contributed by atoms with Gasteiger partial charge in [0.15, 0.2) is 0 Å². The SMILES string of the molecule is C=CCC(NC(=O)CCOc1cccc(Cl)c1)C(=O)O. The van der Waals surface area contributed by atoms with Crippen molar-refractivity contribution in [2.75, 3.05) is 6.61 Å². The Bertz CT molecular complexity index is 490. The van der Waals surface area contributed by atoms with Gasteiger partial charge < -0.3 is 15.2 Å². The van der Waals surface area contributed by atoms with Gasteiger partial charge in [0.05, 0.1) is 13.0 Å². The quantitative estimate of drug-likeness (QED) is 0.722. The number of carbonyl (C=O) groups excluding carboxylic acids is 1. The molecule has 0 aliphatic rings. The monoisotopic (exact) mass is 297 g/mol. The number of carbonyl (C=O) groups is 2. The van der Waals surface area contributed by atoms with Gasteiger partial charge in [0.1, 0.15) is 11.8 Å². The van der Waals surface area contributed by atoms with Crippen molar-refractivity contribution in [2.24, 2.45) is 0 Å². The van der Waals surface area contributed by atoms with Crippen LogP contribution in [0.5, 0.6) is 5.75 Å². The smallest absolute Gasteiger partial charge is 0.326 e. The highest BCUT2D eigenvalue weighted by molar-refractivity contribution is 6.30. The minimum Gasteiger partial charge on any atom is -0.493 e. The average Bonchev–Trinajstić information content (AvgIpc) is 2.38. The van der Waals surface area contributed by atoms with Crippen LogP contribution in [0.2, 0.25) is 5.02 Å². The summed E-state index contributed by atoms with van der Waals surface area (Å²) in [6, 6.07) is 5.86. The molecule has 0 aliphatic heterocycles. The largest absolute Gasteiger partial charge is 0.493 e. The molecule has 108 valence electrons. The van der Waals surface area contributed by atoms with Crippen LogP contribution in [-0.2, 0) is 9.59 Å². The van der Waals surface area contributed by atoms with E-state index in [0.717, 1.165) is 0 Å². The van der Waals surface area contributed by atoms with Gasteiger partial charge in [-0.1, -0.05) is 23.7 Å². The first kappa shape index (κ1) is 16.0. The molecule has 1 aromatic carbocycles. The second-order valence-electron chi connectivity index (χ2n) is 4.04. The summed E-state index contributed by atoms with van der Waals surface area (Å²) in [6.45, 7) is 3.59. The standard InChI is InChI=1S/C14H16ClNO4/c1-2-4-12(14(18)19)16-13(17)7-8-20-11-6-3-5-10(15)9-11/h2-3,5-6,9,12H,1,4,7-8H2,(H,16,17)(H,18,19). The zero-order chi connectivity index (χ0) is 15.0. The first-order valence-corrected chi connectivity index (χ1v) is 6.42. The predicted molar refractivity (Wildman–Crippen MR) is 75.9 cm³/mol. The van der Waals surface area contributed by atoms with Crippen molar-refractivity contribution in [3.8, 4) is 5.75 Å². The van der Waals surface area contributed by atoms with Crippen LogP contribution in [0, 0.1) is 0 Å². The normalized spacial score (nSPS) is 11.4. The van der Waals surface area contributed by atoms with Crippen LogP contribution in [0.1, 0.15) is 12.8 Å². The van der Waals surface area contributed by atoms with Gasteiger partial charge in [-0.15, -0.1) is 6.58 Å². The molecule has 1 unspecified atom stereocenters. The molecule has 0 aromatic heterocycles. The van der Waals surface area contributed by atoms with Crippen LogP contribution < -0.4 is 10.1 Å². The van der Waals surface area contributed by atoms with E-state index in [0.29, 0.717) is 10.8 Å². The van der Waals surface area contributed by atoms with Gasteiger partial charge in [0, 0.05) is 5.02 Å². The van der Waals surface area contributed by atoms with Crippen LogP contribution in [-0.4, -0.2) is 29.6 Å². The maximum atomic E-state index is 11.6. The van der Waals surface area contributed by atoms with Crippen molar-refractivity contribution in [3.63, 3.8) is 0 Å². The number of halogens is 1. The molecule has 0 spiro atoms. The van der Waals surface area contributed by atoms with Gasteiger partial charge in [0.25, 0.3) is 0 Å². The van der Waals surface area contributed by atoms with Crippen LogP contribution in [0.3, 0.4) is 0 Å². The van der Waals surface area contributed by atoms with E-state index in [1.54, 1.807) is 24.3 Å². The van der Waals surface area contributed by atoms with Crippen molar-refractivity contribution in [3.05, 3.63) is 41.9 Å². The highest BCUT2D eigenvalue weighted by Gasteiger charge is 2.17. The second kappa shape index (κ2) is 8.22. The molecule has 1 aromatic rings. The summed E-state index contributed by atoms with van der Waals surface area (Å²) in [6.07, 6.45) is 1.69. The van der Waals surface area contributed by atoms with E-state index >= 15 is 0 Å². The summed E-state index contributed by atoms with van der Waals surface area (Å²) in [5, 5.41) is 11.8. The lowest BCUT2D eigenvalue weighted by atomic mass is 10.2. The van der Waals surface area contributed by atoms with E-state index in [1.807, 2.05) is 0 Å². The molecule has 0 heterocycles. The molecule has 5 nitrogen and oxygen atoms in total. The lowest BCUT2D eigenvalue weighted by Gasteiger charge is -2.12. The van der Waals surface area contributed by atoms with Gasteiger partial charge in [0.2, 0.25) is 5.91 Å². The zero-order valence-electron chi connectivity index (χ0n) is 10.8. The lowest BCUT2D eigenvalue weighted by Crippen LogP contribution is -2.40. The molecular formula is C14H16ClNO4. The van der Waals surface area contributed by atoms with Gasteiger partial charge in [-0.2, -0.15) is 0 Å². The Kier molecular flexibility index (Phi) is 6.59. The highest BCUT2D eigenvalue weighted by atomic mass is 35.5. The van der Waals surface area contributed by atoms with Crippen molar-refractivity contribution >= 4 is 23.5 Å². The van der Waals surface area contributed by atoms with Crippen LogP contribution in [0.4, 0.5) is 0 Å². The molecule has 0 fully saturated rings. The minimum atomic E-state index is -1.09. The van der Waals surface area contributed by atoms with E-state index in [2.05, 4.69) is 11.9 Å². The molecule has 0 radical (unpaired) electrons. The summed E-state index contributed by atoms with van der Waals surface area (Å²) in [4.78, 5) is 22.4. The molecule has 0 saturated carbocycles. The van der Waals surface area contributed by atoms with Gasteiger partial charge >= 0.3 is 5.97 Å². The fourth-order valence-electron chi connectivity index (χ4n) is 1.47. The summed E-state index contributed by atoms with van der Waals surface area (Å²) in [5.74, 6) is -0.915. The molecule has 0 aliphatic carbocycles. The van der Waals surface area contributed by atoms with Crippen molar-refractivity contribution in [2.45, 2.75) is 18.9 Å². The Hall–Kier alpha value is -2.01. The minimum absolute atomic E-state index is 0.0629. The number of carboxylic acid groups (broad SMARTS) is 1. The molecular weight excluding hydrogens is 282 g/mol. The first-order chi connectivity index (χ1) is 9.52. The van der Waals surface area contributed by atoms with Crippen LogP contribution in [0.25, 0.3) is 0 Å². The third-order valence-electron chi connectivity index (χ3n) is 2.43. The lowest BCUT2D eigenvalue weighted by molar-refractivity contribution is -0.141. The van der Waals surface area contributed by atoms with Gasteiger partial charge in [-0.3, -0.25) is 4.79 Å². The van der Waals surface area contributed by atoms with Crippen molar-refractivity contribution < 1.29 is 19.4 Å². The number of amides is 1. The Morgan fingerprint density at radius 1 is 1.50 bits per heavy atom. The number of rotatable bonds is 8. The maximum absolute atomic E-state index is 11.6. The number of nitrogens with one attached hydrogen (secondary N) is 1. The number of hydrogen-bond donors (Lipinski definition) is 2. The van der Waals surface area contributed by atoms with Gasteiger partial charge in [-0.05, 0) is 24.6 Å². The fourth-order valence-corrected chi connectivity index (χ4v) is 1.65. The number of ether oxygens (including phenoxy) is 1.